The molecular formula is C17H21N3O3S. The van der Waals surface area contributed by atoms with Gasteiger partial charge in [-0.15, -0.1) is 0 Å². The molecule has 0 atom stereocenters. The number of aromatic nitrogens is 1. The molecule has 0 fully saturated rings. The first-order valence-corrected chi connectivity index (χ1v) is 9.38. The van der Waals surface area contributed by atoms with Crippen LogP contribution in [0.3, 0.4) is 0 Å². The first-order chi connectivity index (χ1) is 11.6. The number of pyridine rings is 1. The molecule has 1 heterocycles. The molecule has 6 nitrogen and oxygen atoms in total. The topological polar surface area (TPSA) is 88.2 Å². The highest BCUT2D eigenvalue weighted by atomic mass is 32.2. The second kappa shape index (κ2) is 9.14. The standard InChI is InChI=1S/C17H21N3O3S/c21-17(19-13-16-10-4-5-11-18-16)14-20-24(22,23)12-6-9-15-7-2-1-3-8-15/h1-5,7-8,10-11,20H,6,9,12-14H2,(H,19,21). The van der Waals surface area contributed by atoms with Crippen molar-refractivity contribution in [3.63, 3.8) is 0 Å². The fourth-order valence-electron chi connectivity index (χ4n) is 2.11. The van der Waals surface area contributed by atoms with Crippen molar-refractivity contribution in [2.24, 2.45) is 0 Å². The summed E-state index contributed by atoms with van der Waals surface area (Å²) in [5, 5.41) is 2.63. The van der Waals surface area contributed by atoms with Gasteiger partial charge in [0.15, 0.2) is 0 Å². The number of hydrogen-bond acceptors (Lipinski definition) is 4. The highest BCUT2D eigenvalue weighted by Crippen LogP contribution is 2.03. The third-order valence-corrected chi connectivity index (χ3v) is 4.78. The average molecular weight is 347 g/mol. The molecule has 0 spiro atoms. The summed E-state index contributed by atoms with van der Waals surface area (Å²) < 4.78 is 26.1. The predicted octanol–water partition coefficient (Wildman–Crippen LogP) is 1.25. The number of sulfonamides is 1. The SMILES string of the molecule is O=C(CNS(=O)(=O)CCCc1ccccc1)NCc1ccccn1. The first-order valence-electron chi connectivity index (χ1n) is 7.73. The third-order valence-electron chi connectivity index (χ3n) is 3.37. The Bertz CT molecular complexity index is 734. The maximum absolute atomic E-state index is 11.9. The summed E-state index contributed by atoms with van der Waals surface area (Å²) in [5.41, 5.74) is 1.82. The van der Waals surface area contributed by atoms with Crippen LogP contribution in [0.2, 0.25) is 0 Å². The lowest BCUT2D eigenvalue weighted by Crippen LogP contribution is -2.37. The number of amides is 1. The zero-order valence-electron chi connectivity index (χ0n) is 13.3. The molecule has 0 aliphatic heterocycles. The minimum Gasteiger partial charge on any atom is -0.349 e. The Balaban J connectivity index is 1.67. The van der Waals surface area contributed by atoms with Crippen molar-refractivity contribution >= 4 is 15.9 Å². The van der Waals surface area contributed by atoms with Crippen molar-refractivity contribution in [3.8, 4) is 0 Å². The molecule has 1 aromatic heterocycles. The predicted molar refractivity (Wildman–Crippen MR) is 92.6 cm³/mol. The van der Waals surface area contributed by atoms with E-state index < -0.39 is 10.0 Å². The van der Waals surface area contributed by atoms with Gasteiger partial charge in [-0.1, -0.05) is 36.4 Å². The van der Waals surface area contributed by atoms with E-state index in [1.165, 1.54) is 0 Å². The Kier molecular flexibility index (Phi) is 6.89. The summed E-state index contributed by atoms with van der Waals surface area (Å²) in [4.78, 5) is 15.8. The van der Waals surface area contributed by atoms with Crippen LogP contribution in [0.4, 0.5) is 0 Å². The van der Waals surface area contributed by atoms with Crippen LogP contribution in [0.5, 0.6) is 0 Å². The molecule has 1 amide bonds. The van der Waals surface area contributed by atoms with Gasteiger partial charge in [0.05, 0.1) is 24.5 Å². The van der Waals surface area contributed by atoms with Gasteiger partial charge in [-0.25, -0.2) is 13.1 Å². The third kappa shape index (κ3) is 6.89. The molecule has 2 aromatic rings. The molecule has 0 unspecified atom stereocenters. The van der Waals surface area contributed by atoms with Crippen LogP contribution in [0.1, 0.15) is 17.7 Å². The van der Waals surface area contributed by atoms with Crippen molar-refractivity contribution in [2.75, 3.05) is 12.3 Å². The van der Waals surface area contributed by atoms with Gasteiger partial charge < -0.3 is 5.32 Å². The molecule has 0 saturated carbocycles. The van der Waals surface area contributed by atoms with Gasteiger partial charge in [-0.3, -0.25) is 9.78 Å². The van der Waals surface area contributed by atoms with Gasteiger partial charge in [-0.2, -0.15) is 0 Å². The van der Waals surface area contributed by atoms with E-state index in [0.717, 1.165) is 11.3 Å². The molecule has 2 N–H and O–H groups in total. The second-order valence-corrected chi connectivity index (χ2v) is 7.25. The van der Waals surface area contributed by atoms with E-state index >= 15 is 0 Å². The lowest BCUT2D eigenvalue weighted by atomic mass is 10.1. The summed E-state index contributed by atoms with van der Waals surface area (Å²) in [6, 6.07) is 15.1. The van der Waals surface area contributed by atoms with Gasteiger partial charge in [-0.05, 0) is 30.5 Å². The van der Waals surface area contributed by atoms with Crippen LogP contribution in [-0.4, -0.2) is 31.6 Å². The van der Waals surface area contributed by atoms with Gasteiger partial charge in [0.2, 0.25) is 15.9 Å². The van der Waals surface area contributed by atoms with Gasteiger partial charge in [0.25, 0.3) is 0 Å². The summed E-state index contributed by atoms with van der Waals surface area (Å²) in [6.45, 7) is 0.00983. The van der Waals surface area contributed by atoms with Crippen LogP contribution in [-0.2, 0) is 27.8 Å². The Labute approximate surface area is 142 Å². The lowest BCUT2D eigenvalue weighted by molar-refractivity contribution is -0.120. The molecule has 24 heavy (non-hydrogen) atoms. The molecular weight excluding hydrogens is 326 g/mol. The van der Waals surface area contributed by atoms with Crippen LogP contribution in [0, 0.1) is 0 Å². The van der Waals surface area contributed by atoms with E-state index in [2.05, 4.69) is 15.0 Å². The monoisotopic (exact) mass is 347 g/mol. The van der Waals surface area contributed by atoms with Crippen molar-refractivity contribution in [2.45, 2.75) is 19.4 Å². The average Bonchev–Trinajstić information content (AvgIpc) is 2.60. The highest BCUT2D eigenvalue weighted by molar-refractivity contribution is 7.89. The van der Waals surface area contributed by atoms with Crippen molar-refractivity contribution in [1.82, 2.24) is 15.0 Å². The largest absolute Gasteiger partial charge is 0.349 e. The van der Waals surface area contributed by atoms with Crippen molar-refractivity contribution in [3.05, 3.63) is 66.0 Å². The number of benzene rings is 1. The van der Waals surface area contributed by atoms with Crippen LogP contribution < -0.4 is 10.0 Å². The van der Waals surface area contributed by atoms with E-state index in [0.29, 0.717) is 12.8 Å². The summed E-state index contributed by atoms with van der Waals surface area (Å²) in [5.74, 6) is -0.387. The number of carbonyl (C=O) groups is 1. The fourth-order valence-corrected chi connectivity index (χ4v) is 3.13. The maximum atomic E-state index is 11.9. The summed E-state index contributed by atoms with van der Waals surface area (Å²) >= 11 is 0. The highest BCUT2D eigenvalue weighted by Gasteiger charge is 2.12. The molecule has 1 aromatic carbocycles. The number of aryl methyl sites for hydroxylation is 1. The minimum atomic E-state index is -3.46. The van der Waals surface area contributed by atoms with E-state index in [-0.39, 0.29) is 24.7 Å². The molecule has 0 saturated heterocycles. The number of nitrogens with one attached hydrogen (secondary N) is 2. The molecule has 0 aliphatic rings. The zero-order chi connectivity index (χ0) is 17.3. The molecule has 0 radical (unpaired) electrons. The number of carbonyl (C=O) groups excluding carboxylic acids is 1. The van der Waals surface area contributed by atoms with Crippen LogP contribution >= 0.6 is 0 Å². The van der Waals surface area contributed by atoms with Gasteiger partial charge >= 0.3 is 0 Å². The van der Waals surface area contributed by atoms with Gasteiger partial charge in [0.1, 0.15) is 0 Å². The summed E-state index contributed by atoms with van der Waals surface area (Å²) in [7, 11) is -3.46. The molecule has 0 bridgehead atoms. The molecule has 2 rings (SSSR count). The molecule has 7 heteroatoms. The second-order valence-electron chi connectivity index (χ2n) is 5.33. The van der Waals surface area contributed by atoms with Crippen molar-refractivity contribution < 1.29 is 13.2 Å². The van der Waals surface area contributed by atoms with Gasteiger partial charge in [0, 0.05) is 6.20 Å². The quantitative estimate of drug-likeness (QED) is 0.714. The smallest absolute Gasteiger partial charge is 0.235 e. The Hall–Kier alpha value is -2.25. The van der Waals surface area contributed by atoms with Crippen molar-refractivity contribution in [1.29, 1.82) is 0 Å². The van der Waals surface area contributed by atoms with Crippen LogP contribution in [0.25, 0.3) is 0 Å². The molecule has 128 valence electrons. The van der Waals surface area contributed by atoms with E-state index in [4.69, 9.17) is 0 Å². The minimum absolute atomic E-state index is 0.00455. The number of rotatable bonds is 9. The Morgan fingerprint density at radius 2 is 1.79 bits per heavy atom. The molecule has 0 aliphatic carbocycles. The lowest BCUT2D eigenvalue weighted by Gasteiger charge is -2.08. The van der Waals surface area contributed by atoms with Crippen LogP contribution in [0.15, 0.2) is 54.7 Å². The number of nitrogens with zero attached hydrogens (tertiary/aromatic N) is 1. The van der Waals surface area contributed by atoms with E-state index in [1.54, 1.807) is 18.3 Å². The first kappa shape index (κ1) is 18.1. The maximum Gasteiger partial charge on any atom is 0.235 e. The normalized spacial score (nSPS) is 11.2. The fraction of sp³-hybridized carbons (Fsp3) is 0.294. The van der Waals surface area contributed by atoms with E-state index in [1.807, 2.05) is 36.4 Å². The zero-order valence-corrected chi connectivity index (χ0v) is 14.1. The Morgan fingerprint density at radius 3 is 2.50 bits per heavy atom. The summed E-state index contributed by atoms with van der Waals surface area (Å²) in [6.07, 6.45) is 2.83. The Morgan fingerprint density at radius 1 is 1.04 bits per heavy atom. The van der Waals surface area contributed by atoms with E-state index in [9.17, 15) is 13.2 Å². The number of hydrogen-bond donors (Lipinski definition) is 2.